The minimum absolute atomic E-state index is 0.106. The number of sulfone groups is 1. The summed E-state index contributed by atoms with van der Waals surface area (Å²) < 4.78 is 23.6. The molecule has 4 nitrogen and oxygen atoms in total. The summed E-state index contributed by atoms with van der Waals surface area (Å²) in [5, 5.41) is 4.68. The van der Waals surface area contributed by atoms with Gasteiger partial charge in [0, 0.05) is 11.8 Å². The van der Waals surface area contributed by atoms with Crippen LogP contribution in [-0.4, -0.2) is 20.6 Å². The molecule has 0 aromatic heterocycles. The van der Waals surface area contributed by atoms with Crippen LogP contribution in [0.15, 0.2) is 71.6 Å². The minimum atomic E-state index is -3.41. The van der Waals surface area contributed by atoms with E-state index in [-0.39, 0.29) is 16.5 Å². The number of carbonyl (C=O) groups excluding carboxylic acids is 1. The number of carbonyl (C=O) groups is 1. The molecule has 0 spiro atoms. The zero-order chi connectivity index (χ0) is 16.4. The van der Waals surface area contributed by atoms with Crippen molar-refractivity contribution in [1.29, 1.82) is 0 Å². The predicted octanol–water partition coefficient (Wildman–Crippen LogP) is 3.50. The zero-order valence-corrected chi connectivity index (χ0v) is 13.3. The number of nitrogens with one attached hydrogen (secondary N) is 1. The van der Waals surface area contributed by atoms with Crippen LogP contribution in [0.3, 0.4) is 0 Å². The molecule has 0 bridgehead atoms. The Hall–Kier alpha value is -2.66. The number of hydrogen-bond donors (Lipinski definition) is 1. The van der Waals surface area contributed by atoms with Crippen molar-refractivity contribution in [2.45, 2.75) is 4.90 Å². The number of hydrogen-bond acceptors (Lipinski definition) is 3. The van der Waals surface area contributed by atoms with Gasteiger partial charge in [-0.25, -0.2) is 8.42 Å². The van der Waals surface area contributed by atoms with Gasteiger partial charge < -0.3 is 5.32 Å². The molecule has 3 rings (SSSR count). The molecular formula is C18H15NO3S. The van der Waals surface area contributed by atoms with Gasteiger partial charge in [0.05, 0.1) is 10.6 Å². The van der Waals surface area contributed by atoms with E-state index in [2.05, 4.69) is 5.32 Å². The highest BCUT2D eigenvalue weighted by Gasteiger charge is 2.15. The summed E-state index contributed by atoms with van der Waals surface area (Å²) in [5.41, 5.74) is 0.764. The maximum atomic E-state index is 12.4. The van der Waals surface area contributed by atoms with Gasteiger partial charge in [-0.3, -0.25) is 4.79 Å². The topological polar surface area (TPSA) is 63.2 Å². The summed E-state index contributed by atoms with van der Waals surface area (Å²) in [7, 11) is -3.41. The van der Waals surface area contributed by atoms with Crippen molar-refractivity contribution in [2.75, 3.05) is 11.6 Å². The summed E-state index contributed by atoms with van der Waals surface area (Å²) in [6.07, 6.45) is 1.12. The van der Waals surface area contributed by atoms with Gasteiger partial charge in [0.15, 0.2) is 9.84 Å². The molecule has 23 heavy (non-hydrogen) atoms. The molecule has 116 valence electrons. The molecular weight excluding hydrogens is 310 g/mol. The van der Waals surface area contributed by atoms with Gasteiger partial charge in [-0.05, 0) is 35.0 Å². The van der Waals surface area contributed by atoms with E-state index in [1.807, 2.05) is 30.3 Å². The molecule has 0 fully saturated rings. The van der Waals surface area contributed by atoms with E-state index in [1.54, 1.807) is 30.3 Å². The molecule has 0 aliphatic carbocycles. The van der Waals surface area contributed by atoms with Crippen molar-refractivity contribution in [2.24, 2.45) is 0 Å². The minimum Gasteiger partial charge on any atom is -0.321 e. The lowest BCUT2D eigenvalue weighted by atomic mass is 10.1. The summed E-state index contributed by atoms with van der Waals surface area (Å²) in [4.78, 5) is 12.5. The fraction of sp³-hybridized carbons (Fsp3) is 0.0556. The van der Waals surface area contributed by atoms with Crippen molar-refractivity contribution < 1.29 is 13.2 Å². The molecule has 3 aromatic rings. The van der Waals surface area contributed by atoms with Crippen LogP contribution in [-0.2, 0) is 9.84 Å². The first-order chi connectivity index (χ1) is 10.9. The summed E-state index contributed by atoms with van der Waals surface area (Å²) in [5.74, 6) is -0.341. The average molecular weight is 325 g/mol. The predicted molar refractivity (Wildman–Crippen MR) is 91.5 cm³/mol. The van der Waals surface area contributed by atoms with E-state index >= 15 is 0 Å². The summed E-state index contributed by atoms with van der Waals surface area (Å²) in [6, 6.07) is 19.5. The third kappa shape index (κ3) is 3.24. The zero-order valence-electron chi connectivity index (χ0n) is 12.5. The number of benzene rings is 3. The van der Waals surface area contributed by atoms with E-state index < -0.39 is 9.84 Å². The van der Waals surface area contributed by atoms with Gasteiger partial charge in [-0.15, -0.1) is 0 Å². The SMILES string of the molecule is CS(=O)(=O)c1ccccc1NC(=O)c1ccc2ccccc2c1. The highest BCUT2D eigenvalue weighted by atomic mass is 32.2. The van der Waals surface area contributed by atoms with Crippen LogP contribution in [0, 0.1) is 0 Å². The summed E-state index contributed by atoms with van der Waals surface area (Å²) >= 11 is 0. The first-order valence-electron chi connectivity index (χ1n) is 7.04. The van der Waals surface area contributed by atoms with E-state index in [9.17, 15) is 13.2 Å². The second kappa shape index (κ2) is 5.85. The van der Waals surface area contributed by atoms with Crippen molar-refractivity contribution >= 4 is 32.2 Å². The van der Waals surface area contributed by atoms with Crippen LogP contribution in [0.5, 0.6) is 0 Å². The Balaban J connectivity index is 1.95. The maximum absolute atomic E-state index is 12.4. The lowest BCUT2D eigenvalue weighted by molar-refractivity contribution is 0.102. The highest BCUT2D eigenvalue weighted by molar-refractivity contribution is 7.90. The first-order valence-corrected chi connectivity index (χ1v) is 8.93. The molecule has 0 saturated carbocycles. The Labute approximate surface area is 134 Å². The molecule has 0 aliphatic rings. The Morgan fingerprint density at radius 1 is 0.870 bits per heavy atom. The fourth-order valence-corrected chi connectivity index (χ4v) is 3.26. The molecule has 0 saturated heterocycles. The van der Waals surface area contributed by atoms with Crippen molar-refractivity contribution in [3.8, 4) is 0 Å². The lowest BCUT2D eigenvalue weighted by Gasteiger charge is -2.10. The maximum Gasteiger partial charge on any atom is 0.255 e. The largest absolute Gasteiger partial charge is 0.321 e. The number of anilines is 1. The van der Waals surface area contributed by atoms with E-state index in [1.165, 1.54) is 6.07 Å². The second-order valence-corrected chi connectivity index (χ2v) is 7.27. The first kappa shape index (κ1) is 15.2. The van der Waals surface area contributed by atoms with Crippen LogP contribution in [0.2, 0.25) is 0 Å². The standard InChI is InChI=1S/C18H15NO3S/c1-23(21,22)17-9-5-4-8-16(17)19-18(20)15-11-10-13-6-2-3-7-14(13)12-15/h2-12H,1H3,(H,19,20). The average Bonchev–Trinajstić information content (AvgIpc) is 2.54. The van der Waals surface area contributed by atoms with Crippen LogP contribution < -0.4 is 5.32 Å². The van der Waals surface area contributed by atoms with Gasteiger partial charge in [-0.2, -0.15) is 0 Å². The van der Waals surface area contributed by atoms with Crippen molar-refractivity contribution in [3.05, 3.63) is 72.3 Å². The molecule has 0 unspecified atom stereocenters. The smallest absolute Gasteiger partial charge is 0.255 e. The van der Waals surface area contributed by atoms with Crippen LogP contribution in [0.1, 0.15) is 10.4 Å². The summed E-state index contributed by atoms with van der Waals surface area (Å²) in [6.45, 7) is 0. The lowest BCUT2D eigenvalue weighted by Crippen LogP contribution is -2.14. The van der Waals surface area contributed by atoms with Crippen molar-refractivity contribution in [3.63, 3.8) is 0 Å². The number of para-hydroxylation sites is 1. The van der Waals surface area contributed by atoms with Crippen molar-refractivity contribution in [1.82, 2.24) is 0 Å². The quantitative estimate of drug-likeness (QED) is 0.801. The molecule has 1 N–H and O–H groups in total. The van der Waals surface area contributed by atoms with Crippen LogP contribution in [0.25, 0.3) is 10.8 Å². The monoisotopic (exact) mass is 325 g/mol. The van der Waals surface area contributed by atoms with E-state index in [4.69, 9.17) is 0 Å². The normalized spacial score (nSPS) is 11.3. The third-order valence-electron chi connectivity index (χ3n) is 3.55. The molecule has 3 aromatic carbocycles. The molecule has 5 heteroatoms. The molecule has 0 radical (unpaired) electrons. The molecule has 0 atom stereocenters. The Kier molecular flexibility index (Phi) is 3.88. The van der Waals surface area contributed by atoms with Gasteiger partial charge in [0.25, 0.3) is 5.91 Å². The number of fused-ring (bicyclic) bond motifs is 1. The van der Waals surface area contributed by atoms with Gasteiger partial charge in [0.2, 0.25) is 0 Å². The Bertz CT molecular complexity index is 994. The Morgan fingerprint density at radius 3 is 2.26 bits per heavy atom. The highest BCUT2D eigenvalue weighted by Crippen LogP contribution is 2.22. The van der Waals surface area contributed by atoms with Gasteiger partial charge >= 0.3 is 0 Å². The van der Waals surface area contributed by atoms with E-state index in [0.717, 1.165) is 17.0 Å². The fourth-order valence-electron chi connectivity index (χ4n) is 2.42. The molecule has 0 aliphatic heterocycles. The van der Waals surface area contributed by atoms with Gasteiger partial charge in [0.1, 0.15) is 0 Å². The Morgan fingerprint density at radius 2 is 1.52 bits per heavy atom. The molecule has 0 heterocycles. The molecule has 1 amide bonds. The van der Waals surface area contributed by atoms with Crippen LogP contribution in [0.4, 0.5) is 5.69 Å². The second-order valence-electron chi connectivity index (χ2n) is 5.28. The van der Waals surface area contributed by atoms with Gasteiger partial charge in [-0.1, -0.05) is 42.5 Å². The van der Waals surface area contributed by atoms with Crippen LogP contribution >= 0.6 is 0 Å². The number of rotatable bonds is 3. The van der Waals surface area contributed by atoms with E-state index in [0.29, 0.717) is 5.56 Å². The number of amides is 1. The third-order valence-corrected chi connectivity index (χ3v) is 4.70.